The van der Waals surface area contributed by atoms with Crippen LogP contribution < -0.4 is 14.8 Å². The normalized spacial score (nSPS) is 12.1. The number of hydrogen-bond acceptors (Lipinski definition) is 8. The first kappa shape index (κ1) is 25.8. The number of esters is 1. The number of amides is 1. The topological polar surface area (TPSA) is 111 Å². The molecule has 3 aromatic rings. The molecular formula is C25H18F3N3O5S. The average molecular weight is 529 g/mol. The maximum absolute atomic E-state index is 13.8. The number of methoxy groups -OCH3 is 1. The number of aromatic nitrogens is 1. The standard InChI is InChI=1S/C25H18F3N3O5S/c1-13-3-4-15(24(33)34-2)7-18(13)30-22(32)11-37-23-16(10-29)17(25(26,27)28)9-19(31-23)14-5-6-20-21(8-14)36-12-35-20/h3-9H,11-12H2,1-2H3,(H,30,32). The van der Waals surface area contributed by atoms with Crippen molar-refractivity contribution < 1.29 is 37.0 Å². The number of alkyl halides is 3. The second kappa shape index (κ2) is 10.4. The molecule has 1 aliphatic heterocycles. The number of benzene rings is 2. The summed E-state index contributed by atoms with van der Waals surface area (Å²) < 4.78 is 56.7. The largest absolute Gasteiger partial charge is 0.465 e. The summed E-state index contributed by atoms with van der Waals surface area (Å²) in [6, 6.07) is 11.5. The number of carbonyl (C=O) groups excluding carboxylic acids is 2. The number of pyridine rings is 1. The SMILES string of the molecule is COC(=O)c1ccc(C)c(NC(=O)CSc2nc(-c3ccc4c(c3)OCO4)cc(C(F)(F)F)c2C#N)c1. The number of rotatable bonds is 6. The molecule has 2 aromatic carbocycles. The number of halogens is 3. The van der Waals surface area contributed by atoms with Gasteiger partial charge in [0.05, 0.1) is 35.2 Å². The van der Waals surface area contributed by atoms with Gasteiger partial charge in [0.25, 0.3) is 0 Å². The Morgan fingerprint density at radius 3 is 2.62 bits per heavy atom. The number of nitrogens with zero attached hydrogens (tertiary/aromatic N) is 2. The van der Waals surface area contributed by atoms with Crippen LogP contribution in [0, 0.1) is 18.3 Å². The van der Waals surface area contributed by atoms with Crippen molar-refractivity contribution in [3.05, 3.63) is 64.7 Å². The summed E-state index contributed by atoms with van der Waals surface area (Å²) in [6.07, 6.45) is -4.83. The molecule has 0 unspecified atom stereocenters. The lowest BCUT2D eigenvalue weighted by Gasteiger charge is -2.15. The third-order valence-corrected chi connectivity index (χ3v) is 6.32. The van der Waals surface area contributed by atoms with Crippen molar-refractivity contribution in [2.24, 2.45) is 0 Å². The van der Waals surface area contributed by atoms with E-state index in [9.17, 15) is 28.0 Å². The summed E-state index contributed by atoms with van der Waals surface area (Å²) in [5, 5.41) is 11.9. The second-order valence-electron chi connectivity index (χ2n) is 7.77. The molecule has 1 N–H and O–H groups in total. The molecular weight excluding hydrogens is 511 g/mol. The molecule has 0 radical (unpaired) electrons. The Morgan fingerprint density at radius 2 is 1.92 bits per heavy atom. The number of ether oxygens (including phenoxy) is 3. The highest BCUT2D eigenvalue weighted by Crippen LogP contribution is 2.40. The molecule has 0 aliphatic carbocycles. The number of thioether (sulfide) groups is 1. The van der Waals surface area contributed by atoms with E-state index in [4.69, 9.17) is 9.47 Å². The summed E-state index contributed by atoms with van der Waals surface area (Å²) in [5.41, 5.74) is -0.357. The van der Waals surface area contributed by atoms with Gasteiger partial charge in [0, 0.05) is 11.3 Å². The predicted octanol–water partition coefficient (Wildman–Crippen LogP) is 5.19. The van der Waals surface area contributed by atoms with Crippen LogP contribution in [0.4, 0.5) is 18.9 Å². The van der Waals surface area contributed by atoms with Gasteiger partial charge >= 0.3 is 12.1 Å². The van der Waals surface area contributed by atoms with E-state index in [0.717, 1.165) is 6.07 Å². The molecule has 1 aliphatic rings. The highest BCUT2D eigenvalue weighted by molar-refractivity contribution is 8.00. The number of nitrogens with one attached hydrogen (secondary N) is 1. The first-order chi connectivity index (χ1) is 17.6. The average Bonchev–Trinajstić information content (AvgIpc) is 3.35. The van der Waals surface area contributed by atoms with Gasteiger partial charge < -0.3 is 19.5 Å². The van der Waals surface area contributed by atoms with E-state index < -0.39 is 29.2 Å². The number of anilines is 1. The summed E-state index contributed by atoms with van der Waals surface area (Å²) in [6.45, 7) is 1.70. The van der Waals surface area contributed by atoms with E-state index in [0.29, 0.717) is 40.1 Å². The van der Waals surface area contributed by atoms with Gasteiger partial charge in [-0.1, -0.05) is 17.8 Å². The van der Waals surface area contributed by atoms with Crippen LogP contribution in [0.3, 0.4) is 0 Å². The molecule has 190 valence electrons. The zero-order chi connectivity index (χ0) is 26.7. The van der Waals surface area contributed by atoms with Gasteiger partial charge in [0.2, 0.25) is 12.7 Å². The van der Waals surface area contributed by atoms with E-state index in [1.807, 2.05) is 0 Å². The van der Waals surface area contributed by atoms with Crippen molar-refractivity contribution in [3.8, 4) is 28.8 Å². The minimum atomic E-state index is -4.83. The summed E-state index contributed by atoms with van der Waals surface area (Å²) in [5.74, 6) is -0.692. The molecule has 0 bridgehead atoms. The van der Waals surface area contributed by atoms with E-state index in [2.05, 4.69) is 15.0 Å². The van der Waals surface area contributed by atoms with E-state index in [-0.39, 0.29) is 28.8 Å². The lowest BCUT2D eigenvalue weighted by atomic mass is 10.0. The van der Waals surface area contributed by atoms with Crippen molar-refractivity contribution >= 4 is 29.3 Å². The van der Waals surface area contributed by atoms with Crippen molar-refractivity contribution in [3.63, 3.8) is 0 Å². The molecule has 0 fully saturated rings. The summed E-state index contributed by atoms with van der Waals surface area (Å²) in [4.78, 5) is 28.7. The van der Waals surface area contributed by atoms with Crippen molar-refractivity contribution in [2.45, 2.75) is 18.1 Å². The molecule has 37 heavy (non-hydrogen) atoms. The maximum atomic E-state index is 13.8. The number of carbonyl (C=O) groups is 2. The highest BCUT2D eigenvalue weighted by Gasteiger charge is 2.36. The monoisotopic (exact) mass is 529 g/mol. The van der Waals surface area contributed by atoms with Crippen molar-refractivity contribution in [1.29, 1.82) is 5.26 Å². The van der Waals surface area contributed by atoms with Crippen LogP contribution in [0.25, 0.3) is 11.3 Å². The Kier molecular flexibility index (Phi) is 7.26. The van der Waals surface area contributed by atoms with Crippen LogP contribution in [-0.4, -0.2) is 36.5 Å². The van der Waals surface area contributed by atoms with Crippen molar-refractivity contribution in [1.82, 2.24) is 4.98 Å². The summed E-state index contributed by atoms with van der Waals surface area (Å²) in [7, 11) is 1.23. The van der Waals surface area contributed by atoms with Gasteiger partial charge in [0.1, 0.15) is 11.1 Å². The molecule has 1 amide bonds. The lowest BCUT2D eigenvalue weighted by Crippen LogP contribution is -2.16. The Hall–Kier alpha value is -4.24. The molecule has 0 spiro atoms. The van der Waals surface area contributed by atoms with E-state index in [1.165, 1.54) is 31.4 Å². The second-order valence-corrected chi connectivity index (χ2v) is 8.73. The zero-order valence-corrected chi connectivity index (χ0v) is 20.2. The molecule has 0 saturated carbocycles. The Morgan fingerprint density at radius 1 is 1.16 bits per heavy atom. The third kappa shape index (κ3) is 5.62. The maximum Gasteiger partial charge on any atom is 0.417 e. The minimum Gasteiger partial charge on any atom is -0.465 e. The highest BCUT2D eigenvalue weighted by atomic mass is 32.2. The Bertz CT molecular complexity index is 1440. The fraction of sp³-hybridized carbons (Fsp3) is 0.200. The lowest BCUT2D eigenvalue weighted by molar-refractivity contribution is -0.138. The van der Waals surface area contributed by atoms with Gasteiger partial charge in [0.15, 0.2) is 11.5 Å². The molecule has 1 aromatic heterocycles. The zero-order valence-electron chi connectivity index (χ0n) is 19.4. The van der Waals surface area contributed by atoms with Crippen LogP contribution in [0.1, 0.15) is 27.0 Å². The van der Waals surface area contributed by atoms with E-state index >= 15 is 0 Å². The fourth-order valence-electron chi connectivity index (χ4n) is 3.48. The minimum absolute atomic E-state index is 0.00832. The summed E-state index contributed by atoms with van der Waals surface area (Å²) >= 11 is 0.691. The number of hydrogen-bond donors (Lipinski definition) is 1. The first-order valence-electron chi connectivity index (χ1n) is 10.6. The first-order valence-corrected chi connectivity index (χ1v) is 11.6. The number of aryl methyl sites for hydroxylation is 1. The molecule has 0 atom stereocenters. The number of nitriles is 1. The number of fused-ring (bicyclic) bond motifs is 1. The van der Waals surface area contributed by atoms with Gasteiger partial charge in [-0.2, -0.15) is 18.4 Å². The van der Waals surface area contributed by atoms with E-state index in [1.54, 1.807) is 25.1 Å². The molecule has 2 heterocycles. The third-order valence-electron chi connectivity index (χ3n) is 5.34. The molecule has 4 rings (SSSR count). The quantitative estimate of drug-likeness (QED) is 0.343. The van der Waals surface area contributed by atoms with Gasteiger partial charge in [-0.3, -0.25) is 4.79 Å². The van der Waals surface area contributed by atoms with Crippen LogP contribution in [0.15, 0.2) is 47.5 Å². The Labute approximate surface area is 213 Å². The van der Waals surface area contributed by atoms with Crippen molar-refractivity contribution in [2.75, 3.05) is 25.0 Å². The van der Waals surface area contributed by atoms with Crippen LogP contribution in [0.5, 0.6) is 11.5 Å². The molecule has 0 saturated heterocycles. The van der Waals surface area contributed by atoms with Crippen LogP contribution in [0.2, 0.25) is 0 Å². The fourth-order valence-corrected chi connectivity index (χ4v) is 4.29. The smallest absolute Gasteiger partial charge is 0.417 e. The van der Waals surface area contributed by atoms with Gasteiger partial charge in [-0.05, 0) is 48.9 Å². The van der Waals surface area contributed by atoms with Gasteiger partial charge in [-0.15, -0.1) is 0 Å². The predicted molar refractivity (Wildman–Crippen MR) is 127 cm³/mol. The van der Waals surface area contributed by atoms with Crippen LogP contribution >= 0.6 is 11.8 Å². The Balaban J connectivity index is 1.62. The van der Waals surface area contributed by atoms with Crippen LogP contribution in [-0.2, 0) is 15.7 Å². The van der Waals surface area contributed by atoms with Gasteiger partial charge in [-0.25, -0.2) is 9.78 Å². The molecule has 12 heteroatoms. The molecule has 8 nitrogen and oxygen atoms in total.